The van der Waals surface area contributed by atoms with Gasteiger partial charge in [0, 0.05) is 18.3 Å². The zero-order valence-electron chi connectivity index (χ0n) is 8.77. The number of aryl methyl sites for hydroxylation is 1. The molecule has 1 aromatic heterocycles. The molecule has 0 bridgehead atoms. The first-order chi connectivity index (χ1) is 6.74. The maximum atomic E-state index is 8.91. The smallest absolute Gasteiger partial charge is 0.0658 e. The van der Waals surface area contributed by atoms with Crippen molar-refractivity contribution >= 4 is 0 Å². The van der Waals surface area contributed by atoms with E-state index in [1.165, 1.54) is 5.56 Å². The second-order valence-electron chi connectivity index (χ2n) is 3.88. The van der Waals surface area contributed by atoms with Crippen LogP contribution in [0.1, 0.15) is 25.8 Å². The molecule has 2 heteroatoms. The second kappa shape index (κ2) is 5.39. The second-order valence-corrected chi connectivity index (χ2v) is 3.88. The first-order valence-electron chi connectivity index (χ1n) is 5.02. The van der Waals surface area contributed by atoms with Gasteiger partial charge >= 0.3 is 0 Å². The van der Waals surface area contributed by atoms with Crippen molar-refractivity contribution in [1.82, 2.24) is 4.98 Å². The summed E-state index contributed by atoms with van der Waals surface area (Å²) < 4.78 is 0. The lowest BCUT2D eigenvalue weighted by Crippen LogP contribution is -2.07. The average molecular weight is 188 g/mol. The van der Waals surface area contributed by atoms with Gasteiger partial charge in [0.2, 0.25) is 0 Å². The van der Waals surface area contributed by atoms with Gasteiger partial charge in [-0.3, -0.25) is 4.98 Å². The number of hydrogen-bond acceptors (Lipinski definition) is 2. The van der Waals surface area contributed by atoms with Crippen molar-refractivity contribution in [2.24, 2.45) is 11.8 Å². The third-order valence-electron chi connectivity index (χ3n) is 2.44. The van der Waals surface area contributed by atoms with Gasteiger partial charge in [0.15, 0.2) is 0 Å². The van der Waals surface area contributed by atoms with E-state index >= 15 is 0 Å². The standard InChI is InChI=1S/C12H16N2/c1-10(2)12(8-13)6-5-11-4-3-7-14-9-11/h3-4,7,9-10,12H,5-6H2,1-2H3. The predicted molar refractivity (Wildman–Crippen MR) is 56.5 cm³/mol. The van der Waals surface area contributed by atoms with Crippen molar-refractivity contribution in [2.75, 3.05) is 0 Å². The molecule has 1 aromatic rings. The lowest BCUT2D eigenvalue weighted by atomic mass is 9.91. The highest BCUT2D eigenvalue weighted by Gasteiger charge is 2.11. The summed E-state index contributed by atoms with van der Waals surface area (Å²) in [6.07, 6.45) is 5.52. The Morgan fingerprint density at radius 3 is 2.79 bits per heavy atom. The lowest BCUT2D eigenvalue weighted by molar-refractivity contribution is 0.446. The molecule has 74 valence electrons. The van der Waals surface area contributed by atoms with Crippen molar-refractivity contribution in [3.8, 4) is 6.07 Å². The Labute approximate surface area is 85.6 Å². The van der Waals surface area contributed by atoms with E-state index in [0.29, 0.717) is 5.92 Å². The van der Waals surface area contributed by atoms with Gasteiger partial charge in [-0.25, -0.2) is 0 Å². The van der Waals surface area contributed by atoms with Crippen molar-refractivity contribution in [2.45, 2.75) is 26.7 Å². The Morgan fingerprint density at radius 1 is 1.50 bits per heavy atom. The van der Waals surface area contributed by atoms with Crippen LogP contribution < -0.4 is 0 Å². The third kappa shape index (κ3) is 3.18. The van der Waals surface area contributed by atoms with Gasteiger partial charge in [-0.15, -0.1) is 0 Å². The lowest BCUT2D eigenvalue weighted by Gasteiger charge is -2.11. The van der Waals surface area contributed by atoms with Gasteiger partial charge < -0.3 is 0 Å². The number of nitrogens with zero attached hydrogens (tertiary/aromatic N) is 2. The van der Waals surface area contributed by atoms with Crippen molar-refractivity contribution < 1.29 is 0 Å². The summed E-state index contributed by atoms with van der Waals surface area (Å²) in [6, 6.07) is 6.35. The summed E-state index contributed by atoms with van der Waals surface area (Å²) in [5.41, 5.74) is 1.22. The van der Waals surface area contributed by atoms with Crippen LogP contribution in [0.25, 0.3) is 0 Å². The zero-order chi connectivity index (χ0) is 10.4. The molecule has 1 rings (SSSR count). The number of nitriles is 1. The summed E-state index contributed by atoms with van der Waals surface area (Å²) >= 11 is 0. The molecular weight excluding hydrogens is 172 g/mol. The van der Waals surface area contributed by atoms with Gasteiger partial charge in [-0.2, -0.15) is 5.26 Å². The van der Waals surface area contributed by atoms with Crippen LogP contribution in [0, 0.1) is 23.2 Å². The highest BCUT2D eigenvalue weighted by molar-refractivity contribution is 5.09. The molecule has 0 N–H and O–H groups in total. The van der Waals surface area contributed by atoms with E-state index in [1.54, 1.807) is 6.20 Å². The number of rotatable bonds is 4. The minimum atomic E-state index is 0.162. The normalized spacial score (nSPS) is 12.4. The fraction of sp³-hybridized carbons (Fsp3) is 0.500. The average Bonchev–Trinajstić information content (AvgIpc) is 2.20. The Hall–Kier alpha value is -1.36. The summed E-state index contributed by atoms with van der Waals surface area (Å²) in [6.45, 7) is 4.19. The van der Waals surface area contributed by atoms with Crippen LogP contribution in [0.5, 0.6) is 0 Å². The first-order valence-corrected chi connectivity index (χ1v) is 5.02. The Balaban J connectivity index is 2.45. The molecule has 0 fully saturated rings. The van der Waals surface area contributed by atoms with Crippen molar-refractivity contribution in [1.29, 1.82) is 5.26 Å². The van der Waals surface area contributed by atoms with E-state index in [1.807, 2.05) is 12.3 Å². The highest BCUT2D eigenvalue weighted by Crippen LogP contribution is 2.16. The van der Waals surface area contributed by atoms with Gasteiger partial charge in [-0.05, 0) is 30.4 Å². The molecule has 0 saturated carbocycles. The molecule has 0 aromatic carbocycles. The van der Waals surface area contributed by atoms with Crippen LogP contribution in [-0.2, 0) is 6.42 Å². The molecular formula is C12H16N2. The SMILES string of the molecule is CC(C)C(C#N)CCc1cccnc1. The summed E-state index contributed by atoms with van der Waals surface area (Å²) in [7, 11) is 0. The summed E-state index contributed by atoms with van der Waals surface area (Å²) in [5.74, 6) is 0.604. The molecule has 0 aliphatic rings. The largest absolute Gasteiger partial charge is 0.264 e. The molecule has 1 unspecified atom stereocenters. The number of hydrogen-bond donors (Lipinski definition) is 0. The van der Waals surface area contributed by atoms with Gasteiger partial charge in [0.1, 0.15) is 0 Å². The Bertz CT molecular complexity index is 298. The van der Waals surface area contributed by atoms with Crippen LogP contribution >= 0.6 is 0 Å². The Morgan fingerprint density at radius 2 is 2.29 bits per heavy atom. The maximum Gasteiger partial charge on any atom is 0.0658 e. The number of pyridine rings is 1. The molecule has 0 aliphatic heterocycles. The molecule has 1 atom stereocenters. The summed E-state index contributed by atoms with van der Waals surface area (Å²) in [5, 5.41) is 8.91. The molecule has 0 spiro atoms. The van der Waals surface area contributed by atoms with E-state index < -0.39 is 0 Å². The van der Waals surface area contributed by atoms with Gasteiger partial charge in [-0.1, -0.05) is 19.9 Å². The molecule has 0 amide bonds. The first kappa shape index (κ1) is 10.7. The van der Waals surface area contributed by atoms with E-state index in [4.69, 9.17) is 5.26 Å². The van der Waals surface area contributed by atoms with E-state index in [-0.39, 0.29) is 5.92 Å². The fourth-order valence-corrected chi connectivity index (χ4v) is 1.42. The maximum absolute atomic E-state index is 8.91. The molecule has 0 saturated heterocycles. The van der Waals surface area contributed by atoms with E-state index in [9.17, 15) is 0 Å². The van der Waals surface area contributed by atoms with Crippen LogP contribution in [0.2, 0.25) is 0 Å². The minimum Gasteiger partial charge on any atom is -0.264 e. The highest BCUT2D eigenvalue weighted by atomic mass is 14.6. The van der Waals surface area contributed by atoms with Gasteiger partial charge in [0.25, 0.3) is 0 Å². The quantitative estimate of drug-likeness (QED) is 0.728. The molecule has 0 aliphatic carbocycles. The van der Waals surface area contributed by atoms with Crippen LogP contribution in [0.4, 0.5) is 0 Å². The molecule has 2 nitrogen and oxygen atoms in total. The van der Waals surface area contributed by atoms with Crippen LogP contribution in [0.15, 0.2) is 24.5 Å². The van der Waals surface area contributed by atoms with E-state index in [0.717, 1.165) is 12.8 Å². The molecule has 1 heterocycles. The zero-order valence-corrected chi connectivity index (χ0v) is 8.77. The van der Waals surface area contributed by atoms with Crippen molar-refractivity contribution in [3.05, 3.63) is 30.1 Å². The minimum absolute atomic E-state index is 0.162. The molecule has 0 radical (unpaired) electrons. The predicted octanol–water partition coefficient (Wildman–Crippen LogP) is 2.81. The van der Waals surface area contributed by atoms with Crippen LogP contribution in [0.3, 0.4) is 0 Å². The van der Waals surface area contributed by atoms with E-state index in [2.05, 4.69) is 31.0 Å². The number of aromatic nitrogens is 1. The topological polar surface area (TPSA) is 36.7 Å². The van der Waals surface area contributed by atoms with Crippen LogP contribution in [-0.4, -0.2) is 4.98 Å². The van der Waals surface area contributed by atoms with Gasteiger partial charge in [0.05, 0.1) is 6.07 Å². The molecule has 14 heavy (non-hydrogen) atoms. The van der Waals surface area contributed by atoms with Crippen molar-refractivity contribution in [3.63, 3.8) is 0 Å². The monoisotopic (exact) mass is 188 g/mol. The third-order valence-corrected chi connectivity index (χ3v) is 2.44. The fourth-order valence-electron chi connectivity index (χ4n) is 1.42. The Kier molecular flexibility index (Phi) is 4.12. The summed E-state index contributed by atoms with van der Waals surface area (Å²) in [4.78, 5) is 4.05.